The van der Waals surface area contributed by atoms with Crippen LogP contribution in [-0.4, -0.2) is 63.3 Å². The largest absolute Gasteiger partial charge is 0.368 e. The van der Waals surface area contributed by atoms with Gasteiger partial charge in [-0.15, -0.1) is 0 Å². The van der Waals surface area contributed by atoms with Gasteiger partial charge >= 0.3 is 0 Å². The number of rotatable bonds is 4. The van der Waals surface area contributed by atoms with Crippen molar-refractivity contribution < 1.29 is 9.32 Å². The highest BCUT2D eigenvalue weighted by Gasteiger charge is 2.36. The molecule has 0 saturated carbocycles. The van der Waals surface area contributed by atoms with Crippen LogP contribution in [0.15, 0.2) is 95.5 Å². The van der Waals surface area contributed by atoms with Crippen LogP contribution < -0.4 is 19.6 Å². The molecule has 0 spiro atoms. The van der Waals surface area contributed by atoms with Crippen LogP contribution in [0.4, 0.5) is 22.7 Å². The number of ketones is 1. The van der Waals surface area contributed by atoms with Crippen molar-refractivity contribution in [3.63, 3.8) is 0 Å². The van der Waals surface area contributed by atoms with Crippen molar-refractivity contribution in [3.05, 3.63) is 102 Å². The number of hydrogen-bond donors (Lipinski definition) is 0. The summed E-state index contributed by atoms with van der Waals surface area (Å²) in [5, 5.41) is 5.46. The SMILES string of the molecule is O=C1c2ccccc2-c2onc3c(N4CCN(c5ccccc5)CC4)cc(N4CCN(c5ccccc5)CC4)c1c23. The molecule has 0 N–H and O–H groups in total. The van der Waals surface area contributed by atoms with Gasteiger partial charge in [0.15, 0.2) is 11.5 Å². The molecule has 1 aliphatic carbocycles. The Kier molecular flexibility index (Phi) is 5.69. The number of carbonyl (C=O) groups is 1. The standard InChI is InChI=1S/C34H31N5O2/c40-33-26-13-7-8-14-27(26)34-31-30(33)28(38-19-15-36(16-20-38)24-9-3-1-4-10-24)23-29(32(31)35-41-34)39-21-17-37(18-22-39)25-11-5-2-6-12-25/h1-14,23H,15-22H2. The van der Waals surface area contributed by atoms with Crippen LogP contribution in [0.25, 0.3) is 22.2 Å². The summed E-state index contributed by atoms with van der Waals surface area (Å²) in [6, 6.07) is 31.2. The fraction of sp³-hybridized carbons (Fsp3) is 0.235. The number of carbonyl (C=O) groups excluding carboxylic acids is 1. The minimum atomic E-state index is 0.0576. The zero-order valence-electron chi connectivity index (χ0n) is 22.9. The van der Waals surface area contributed by atoms with Crippen molar-refractivity contribution in [3.8, 4) is 11.3 Å². The number of nitrogens with zero attached hydrogens (tertiary/aromatic N) is 5. The van der Waals surface area contributed by atoms with E-state index in [2.05, 4.69) is 91.5 Å². The molecule has 7 nitrogen and oxygen atoms in total. The summed E-state index contributed by atoms with van der Waals surface area (Å²) >= 11 is 0. The molecule has 8 rings (SSSR count). The quantitative estimate of drug-likeness (QED) is 0.284. The zero-order chi connectivity index (χ0) is 27.3. The maximum Gasteiger partial charge on any atom is 0.196 e. The van der Waals surface area contributed by atoms with Crippen LogP contribution in [0.2, 0.25) is 0 Å². The summed E-state index contributed by atoms with van der Waals surface area (Å²) in [5.41, 5.74) is 7.59. The van der Waals surface area contributed by atoms with E-state index in [1.54, 1.807) is 0 Å². The lowest BCUT2D eigenvalue weighted by atomic mass is 9.86. The van der Waals surface area contributed by atoms with Gasteiger partial charge in [0.05, 0.1) is 22.3 Å². The highest BCUT2D eigenvalue weighted by Crippen LogP contribution is 2.47. The van der Waals surface area contributed by atoms with Crippen LogP contribution >= 0.6 is 0 Å². The molecule has 1 aromatic heterocycles. The number of fused-ring (bicyclic) bond motifs is 2. The maximum absolute atomic E-state index is 14.1. The van der Waals surface area contributed by atoms with E-state index in [9.17, 15) is 4.79 Å². The lowest BCUT2D eigenvalue weighted by Crippen LogP contribution is -2.48. The summed E-state index contributed by atoms with van der Waals surface area (Å²) in [5.74, 6) is 0.765. The second kappa shape index (κ2) is 9.70. The minimum Gasteiger partial charge on any atom is -0.368 e. The molecular formula is C34H31N5O2. The Morgan fingerprint density at radius 1 is 0.561 bits per heavy atom. The van der Waals surface area contributed by atoms with Gasteiger partial charge < -0.3 is 24.1 Å². The van der Waals surface area contributed by atoms with Gasteiger partial charge in [0.2, 0.25) is 0 Å². The average Bonchev–Trinajstić information content (AvgIpc) is 3.50. The third-order valence-corrected chi connectivity index (χ3v) is 8.84. The highest BCUT2D eigenvalue weighted by molar-refractivity contribution is 6.28. The molecule has 0 bridgehead atoms. The lowest BCUT2D eigenvalue weighted by molar-refractivity contribution is 0.104. The molecule has 0 radical (unpaired) electrons. The van der Waals surface area contributed by atoms with Crippen LogP contribution in [0.1, 0.15) is 15.9 Å². The van der Waals surface area contributed by atoms with Crippen molar-refractivity contribution in [1.29, 1.82) is 0 Å². The first-order chi connectivity index (χ1) is 20.3. The topological polar surface area (TPSA) is 56.1 Å². The molecule has 204 valence electrons. The average molecular weight is 542 g/mol. The fourth-order valence-electron chi connectivity index (χ4n) is 6.70. The number of para-hydroxylation sites is 2. The number of hydrogen-bond acceptors (Lipinski definition) is 7. The fourth-order valence-corrected chi connectivity index (χ4v) is 6.70. The Hall–Kier alpha value is -4.78. The number of benzene rings is 4. The zero-order valence-corrected chi connectivity index (χ0v) is 22.9. The molecule has 3 heterocycles. The third kappa shape index (κ3) is 3.95. The van der Waals surface area contributed by atoms with Crippen molar-refractivity contribution in [2.75, 3.05) is 72.0 Å². The summed E-state index contributed by atoms with van der Waals surface area (Å²) < 4.78 is 6.04. The Morgan fingerprint density at radius 3 is 1.63 bits per heavy atom. The van der Waals surface area contributed by atoms with E-state index < -0.39 is 0 Å². The number of piperazine rings is 2. The Balaban J connectivity index is 1.19. The van der Waals surface area contributed by atoms with Gasteiger partial charge in [-0.05, 0) is 30.3 Å². The van der Waals surface area contributed by atoms with Crippen molar-refractivity contribution in [2.45, 2.75) is 0 Å². The molecule has 7 heteroatoms. The molecule has 5 aromatic rings. The van der Waals surface area contributed by atoms with E-state index in [1.807, 2.05) is 24.3 Å². The molecule has 41 heavy (non-hydrogen) atoms. The Bertz CT molecular complexity index is 1730. The van der Waals surface area contributed by atoms with Crippen molar-refractivity contribution in [1.82, 2.24) is 5.16 Å². The molecular weight excluding hydrogens is 510 g/mol. The summed E-state index contributed by atoms with van der Waals surface area (Å²) in [6.07, 6.45) is 0. The number of anilines is 4. The smallest absolute Gasteiger partial charge is 0.196 e. The Labute approximate surface area is 239 Å². The van der Waals surface area contributed by atoms with Crippen LogP contribution in [0.3, 0.4) is 0 Å². The van der Waals surface area contributed by atoms with E-state index in [4.69, 9.17) is 4.52 Å². The number of aromatic nitrogens is 1. The van der Waals surface area contributed by atoms with Crippen molar-refractivity contribution in [2.24, 2.45) is 0 Å². The first-order valence-electron chi connectivity index (χ1n) is 14.5. The predicted octanol–water partition coefficient (Wildman–Crippen LogP) is 5.69. The van der Waals surface area contributed by atoms with E-state index in [0.717, 1.165) is 85.8 Å². The van der Waals surface area contributed by atoms with E-state index >= 15 is 0 Å². The molecule has 2 saturated heterocycles. The first kappa shape index (κ1) is 24.1. The van der Waals surface area contributed by atoms with E-state index in [0.29, 0.717) is 11.3 Å². The molecule has 3 aliphatic rings. The van der Waals surface area contributed by atoms with Gasteiger partial charge in [-0.2, -0.15) is 0 Å². The van der Waals surface area contributed by atoms with Crippen LogP contribution in [0, 0.1) is 0 Å². The summed E-state index contributed by atoms with van der Waals surface area (Å²) in [4.78, 5) is 23.8. The van der Waals surface area contributed by atoms with Gasteiger partial charge in [-0.1, -0.05) is 65.8 Å². The highest BCUT2D eigenvalue weighted by atomic mass is 16.5. The third-order valence-electron chi connectivity index (χ3n) is 8.84. The molecule has 4 aromatic carbocycles. The Morgan fingerprint density at radius 2 is 1.05 bits per heavy atom. The van der Waals surface area contributed by atoms with Gasteiger partial charge in [-0.25, -0.2) is 0 Å². The second-order valence-electron chi connectivity index (χ2n) is 11.0. The first-order valence-corrected chi connectivity index (χ1v) is 14.5. The van der Waals surface area contributed by atoms with E-state index in [-0.39, 0.29) is 5.78 Å². The van der Waals surface area contributed by atoms with Crippen LogP contribution in [-0.2, 0) is 0 Å². The monoisotopic (exact) mass is 541 g/mol. The van der Waals surface area contributed by atoms with Crippen LogP contribution in [0.5, 0.6) is 0 Å². The van der Waals surface area contributed by atoms with Gasteiger partial charge in [-0.3, -0.25) is 4.79 Å². The summed E-state index contributed by atoms with van der Waals surface area (Å²) in [7, 11) is 0. The van der Waals surface area contributed by atoms with Gasteiger partial charge in [0, 0.05) is 74.9 Å². The van der Waals surface area contributed by atoms with E-state index in [1.165, 1.54) is 11.4 Å². The molecule has 0 atom stereocenters. The van der Waals surface area contributed by atoms with Crippen molar-refractivity contribution >= 4 is 39.4 Å². The minimum absolute atomic E-state index is 0.0576. The second-order valence-corrected chi connectivity index (χ2v) is 11.0. The molecule has 0 unspecified atom stereocenters. The summed E-state index contributed by atoms with van der Waals surface area (Å²) in [6.45, 7) is 7.06. The normalized spacial score (nSPS) is 16.8. The predicted molar refractivity (Wildman–Crippen MR) is 165 cm³/mol. The lowest BCUT2D eigenvalue weighted by Gasteiger charge is -2.40. The van der Waals surface area contributed by atoms with Gasteiger partial charge in [0.1, 0.15) is 5.52 Å². The maximum atomic E-state index is 14.1. The van der Waals surface area contributed by atoms with Gasteiger partial charge in [0.25, 0.3) is 0 Å². The molecule has 0 amide bonds. The molecule has 2 fully saturated rings. The molecule has 2 aliphatic heterocycles.